The van der Waals surface area contributed by atoms with E-state index in [2.05, 4.69) is 15.3 Å². The van der Waals surface area contributed by atoms with E-state index in [9.17, 15) is 13.2 Å². The third kappa shape index (κ3) is 7.17. The van der Waals surface area contributed by atoms with E-state index in [1.54, 1.807) is 18.4 Å². The van der Waals surface area contributed by atoms with Crippen molar-refractivity contribution in [3.8, 4) is 5.75 Å². The molecule has 1 aromatic carbocycles. The molecule has 0 saturated carbocycles. The Morgan fingerprint density at radius 1 is 1.37 bits per heavy atom. The van der Waals surface area contributed by atoms with E-state index in [0.717, 1.165) is 22.8 Å². The number of aromatic nitrogens is 1. The Morgan fingerprint density at radius 2 is 2.13 bits per heavy atom. The molecule has 0 aliphatic carbocycles. The fraction of sp³-hybridized carbons (Fsp3) is 0.500. The molecule has 0 amide bonds. The van der Waals surface area contributed by atoms with Gasteiger partial charge in [-0.2, -0.15) is 13.2 Å². The second kappa shape index (κ2) is 11.2. The smallest absolute Gasteiger partial charge is 0.416 e. The molecule has 0 saturated heterocycles. The van der Waals surface area contributed by atoms with Gasteiger partial charge in [0.1, 0.15) is 23.5 Å². The van der Waals surface area contributed by atoms with Gasteiger partial charge in [-0.25, -0.2) is 9.98 Å². The summed E-state index contributed by atoms with van der Waals surface area (Å²) in [5, 5.41) is 6.10. The molecule has 6 nitrogen and oxygen atoms in total. The van der Waals surface area contributed by atoms with E-state index in [0.29, 0.717) is 25.6 Å². The molecule has 166 valence electrons. The minimum Gasteiger partial charge on any atom is -0.492 e. The molecule has 2 aromatic rings. The summed E-state index contributed by atoms with van der Waals surface area (Å²) < 4.78 is 49.1. The van der Waals surface area contributed by atoms with Crippen LogP contribution in [0.1, 0.15) is 36.2 Å². The van der Waals surface area contributed by atoms with E-state index < -0.39 is 11.7 Å². The minimum absolute atomic E-state index is 0.0519. The number of thiazole rings is 1. The maximum absolute atomic E-state index is 12.8. The molecule has 0 aliphatic rings. The van der Waals surface area contributed by atoms with Crippen LogP contribution in [0, 0.1) is 0 Å². The van der Waals surface area contributed by atoms with Crippen LogP contribution in [0.2, 0.25) is 0 Å². The summed E-state index contributed by atoms with van der Waals surface area (Å²) >= 11 is 1.55. The van der Waals surface area contributed by atoms with Gasteiger partial charge in [0.15, 0.2) is 5.96 Å². The summed E-state index contributed by atoms with van der Waals surface area (Å²) in [6.45, 7) is 5.61. The quantitative estimate of drug-likeness (QED) is 0.354. The lowest BCUT2D eigenvalue weighted by atomic mass is 10.2. The number of guanidine groups is 1. The van der Waals surface area contributed by atoms with Gasteiger partial charge in [-0.15, -0.1) is 11.3 Å². The molecule has 0 fully saturated rings. The maximum atomic E-state index is 12.8. The van der Waals surface area contributed by atoms with Crippen LogP contribution in [-0.4, -0.2) is 49.7 Å². The summed E-state index contributed by atoms with van der Waals surface area (Å²) in [6, 6.07) is 4.82. The van der Waals surface area contributed by atoms with Crippen molar-refractivity contribution in [3.05, 3.63) is 45.9 Å². The van der Waals surface area contributed by atoms with Gasteiger partial charge in [-0.3, -0.25) is 0 Å². The molecule has 0 aliphatic heterocycles. The lowest BCUT2D eigenvalue weighted by Crippen LogP contribution is -2.38. The van der Waals surface area contributed by atoms with Crippen molar-refractivity contribution in [3.63, 3.8) is 0 Å². The molecule has 1 unspecified atom stereocenters. The summed E-state index contributed by atoms with van der Waals surface area (Å²) in [7, 11) is 3.54. The molecule has 0 bridgehead atoms. The Morgan fingerprint density at radius 3 is 2.80 bits per heavy atom. The highest BCUT2D eigenvalue weighted by molar-refractivity contribution is 7.09. The van der Waals surface area contributed by atoms with Gasteiger partial charge in [0.05, 0.1) is 24.3 Å². The maximum Gasteiger partial charge on any atom is 0.416 e. The van der Waals surface area contributed by atoms with Crippen LogP contribution in [0.3, 0.4) is 0 Å². The topological polar surface area (TPSA) is 59.0 Å². The molecular formula is C20H27F3N4O2S. The van der Waals surface area contributed by atoms with Crippen LogP contribution in [0.25, 0.3) is 0 Å². The number of ether oxygens (including phenoxy) is 2. The molecule has 10 heteroatoms. The largest absolute Gasteiger partial charge is 0.492 e. The summed E-state index contributed by atoms with van der Waals surface area (Å²) in [5.74, 6) is 0.833. The molecule has 2 rings (SSSR count). The second-order valence-electron chi connectivity index (χ2n) is 6.52. The van der Waals surface area contributed by atoms with E-state index in [-0.39, 0.29) is 18.5 Å². The average molecular weight is 445 g/mol. The van der Waals surface area contributed by atoms with E-state index in [4.69, 9.17) is 9.47 Å². The highest BCUT2D eigenvalue weighted by Crippen LogP contribution is 2.31. The highest BCUT2D eigenvalue weighted by atomic mass is 32.1. The summed E-state index contributed by atoms with van der Waals surface area (Å²) in [6.07, 6.45) is -4.45. The molecule has 1 atom stereocenters. The number of hydrogen-bond donors (Lipinski definition) is 1. The van der Waals surface area contributed by atoms with Crippen molar-refractivity contribution >= 4 is 17.3 Å². The zero-order chi connectivity index (χ0) is 22.1. The number of nitrogens with zero attached hydrogens (tertiary/aromatic N) is 3. The van der Waals surface area contributed by atoms with E-state index in [1.165, 1.54) is 12.1 Å². The number of rotatable bonds is 9. The summed E-state index contributed by atoms with van der Waals surface area (Å²) in [5.41, 5.74) is 0.175. The van der Waals surface area contributed by atoms with E-state index >= 15 is 0 Å². The number of alkyl halides is 3. The normalized spacial score (nSPS) is 13.2. The van der Waals surface area contributed by atoms with Crippen LogP contribution in [0.5, 0.6) is 5.75 Å². The number of halogens is 3. The van der Waals surface area contributed by atoms with Gasteiger partial charge in [0.2, 0.25) is 0 Å². The fourth-order valence-electron chi connectivity index (χ4n) is 2.55. The second-order valence-corrected chi connectivity index (χ2v) is 7.41. The van der Waals surface area contributed by atoms with Gasteiger partial charge in [0.25, 0.3) is 0 Å². The Bertz CT molecular complexity index is 826. The molecular weight excluding hydrogens is 417 g/mol. The highest BCUT2D eigenvalue weighted by Gasteiger charge is 2.30. The number of methoxy groups -OCH3 is 1. The Balaban J connectivity index is 1.93. The predicted molar refractivity (Wildman–Crippen MR) is 112 cm³/mol. The number of aliphatic imine (C=N–C) groups is 1. The van der Waals surface area contributed by atoms with Crippen LogP contribution in [0.15, 0.2) is 34.6 Å². The van der Waals surface area contributed by atoms with Crippen molar-refractivity contribution in [2.24, 2.45) is 4.99 Å². The number of benzene rings is 1. The van der Waals surface area contributed by atoms with Crippen molar-refractivity contribution in [2.75, 3.05) is 33.9 Å². The Kier molecular flexibility index (Phi) is 8.91. The molecule has 1 N–H and O–H groups in total. The monoisotopic (exact) mass is 444 g/mol. The van der Waals surface area contributed by atoms with Crippen molar-refractivity contribution in [1.82, 2.24) is 15.2 Å². The first kappa shape index (κ1) is 23.9. The third-order valence-electron chi connectivity index (χ3n) is 4.15. The van der Waals surface area contributed by atoms with Crippen LogP contribution < -0.4 is 10.1 Å². The SMILES string of the molecule is CCNC(=NCCOc1cccc(C(F)(F)F)c1)N(C)Cc1csc(C(C)OC)n1. The molecule has 30 heavy (non-hydrogen) atoms. The first-order valence-corrected chi connectivity index (χ1v) is 10.4. The van der Waals surface area contributed by atoms with Gasteiger partial charge in [-0.05, 0) is 32.0 Å². The molecule has 0 spiro atoms. The van der Waals surface area contributed by atoms with Crippen LogP contribution in [0.4, 0.5) is 13.2 Å². The summed E-state index contributed by atoms with van der Waals surface area (Å²) in [4.78, 5) is 11.0. The number of hydrogen-bond acceptors (Lipinski definition) is 5. The first-order chi connectivity index (χ1) is 14.2. The van der Waals surface area contributed by atoms with Gasteiger partial charge in [0, 0.05) is 26.1 Å². The first-order valence-electron chi connectivity index (χ1n) is 9.51. The number of nitrogens with one attached hydrogen (secondary N) is 1. The minimum atomic E-state index is -4.39. The molecule has 1 heterocycles. The van der Waals surface area contributed by atoms with Gasteiger partial charge < -0.3 is 19.7 Å². The van der Waals surface area contributed by atoms with Crippen molar-refractivity contribution in [2.45, 2.75) is 32.7 Å². The molecule has 1 aromatic heterocycles. The van der Waals surface area contributed by atoms with Gasteiger partial charge >= 0.3 is 6.18 Å². The fourth-order valence-corrected chi connectivity index (χ4v) is 3.39. The van der Waals surface area contributed by atoms with Crippen molar-refractivity contribution in [1.29, 1.82) is 0 Å². The third-order valence-corrected chi connectivity index (χ3v) is 5.20. The van der Waals surface area contributed by atoms with Crippen LogP contribution in [-0.2, 0) is 17.5 Å². The van der Waals surface area contributed by atoms with E-state index in [1.807, 2.05) is 31.2 Å². The van der Waals surface area contributed by atoms with Gasteiger partial charge in [-0.1, -0.05) is 6.07 Å². The van der Waals surface area contributed by atoms with Crippen molar-refractivity contribution < 1.29 is 22.6 Å². The standard InChI is InChI=1S/C20H27F3N4O2S/c1-5-24-19(27(3)12-16-13-30-18(26-16)14(2)28-4)25-9-10-29-17-8-6-7-15(11-17)20(21,22)23/h6-8,11,13-14H,5,9-10,12H2,1-4H3,(H,24,25). The lowest BCUT2D eigenvalue weighted by molar-refractivity contribution is -0.137. The average Bonchev–Trinajstić information content (AvgIpc) is 3.17. The zero-order valence-corrected chi connectivity index (χ0v) is 18.3. The Labute approximate surface area is 178 Å². The van der Waals surface area contributed by atoms with Crippen LogP contribution >= 0.6 is 11.3 Å². The lowest BCUT2D eigenvalue weighted by Gasteiger charge is -2.21. The predicted octanol–water partition coefficient (Wildman–Crippen LogP) is 4.35. The Hall–Kier alpha value is -2.33. The zero-order valence-electron chi connectivity index (χ0n) is 17.5. The molecule has 0 radical (unpaired) electrons.